The number of allylic oxidation sites excluding steroid dienone is 1. The van der Waals surface area contributed by atoms with Crippen molar-refractivity contribution in [3.05, 3.63) is 53.6 Å². The highest BCUT2D eigenvalue weighted by atomic mass is 16.5. The second-order valence-corrected chi connectivity index (χ2v) is 7.16. The van der Waals surface area contributed by atoms with Gasteiger partial charge in [-0.3, -0.25) is 4.79 Å². The number of aliphatic hydroxyl groups excluding tert-OH is 5. The lowest BCUT2D eigenvalue weighted by Crippen LogP contribution is -2.65. The third-order valence-corrected chi connectivity index (χ3v) is 4.97. The van der Waals surface area contributed by atoms with Crippen LogP contribution in [-0.2, 0) is 0 Å². The quantitative estimate of drug-likeness (QED) is 0.220. The average Bonchev–Trinajstić information content (AvgIpc) is 2.73. The molecule has 1 fully saturated rings. The molecule has 2 aromatic rings. The summed E-state index contributed by atoms with van der Waals surface area (Å²) in [5.74, 6) is -2.31. The fourth-order valence-electron chi connectivity index (χ4n) is 3.25. The second kappa shape index (κ2) is 8.92. The number of hydrogen-bond donors (Lipinski definition) is 8. The van der Waals surface area contributed by atoms with E-state index in [-0.39, 0.29) is 5.75 Å². The van der Waals surface area contributed by atoms with E-state index in [1.165, 1.54) is 30.3 Å². The molecule has 0 aliphatic heterocycles. The number of aliphatic hydroxyl groups is 5. The number of ether oxygens (including phenoxy) is 1. The number of benzene rings is 2. The first-order valence-corrected chi connectivity index (χ1v) is 9.24. The zero-order chi connectivity index (χ0) is 22.9. The number of phenols is 3. The van der Waals surface area contributed by atoms with E-state index in [2.05, 4.69) is 0 Å². The first-order chi connectivity index (χ1) is 14.6. The zero-order valence-corrected chi connectivity index (χ0v) is 16.0. The summed E-state index contributed by atoms with van der Waals surface area (Å²) in [6, 6.07) is 7.73. The molecule has 1 aliphatic rings. The van der Waals surface area contributed by atoms with Gasteiger partial charge in [0.2, 0.25) is 0 Å². The van der Waals surface area contributed by atoms with Crippen LogP contribution in [0.3, 0.4) is 0 Å². The van der Waals surface area contributed by atoms with Gasteiger partial charge in [-0.25, -0.2) is 0 Å². The second-order valence-electron chi connectivity index (χ2n) is 7.16. The van der Waals surface area contributed by atoms with Crippen LogP contribution < -0.4 is 4.74 Å². The third kappa shape index (κ3) is 4.63. The lowest BCUT2D eigenvalue weighted by molar-refractivity contribution is -0.216. The maximum Gasteiger partial charge on any atom is 0.193 e. The highest BCUT2D eigenvalue weighted by Crippen LogP contribution is 2.36. The van der Waals surface area contributed by atoms with Gasteiger partial charge >= 0.3 is 0 Å². The highest BCUT2D eigenvalue weighted by Gasteiger charge is 2.50. The van der Waals surface area contributed by atoms with Crippen LogP contribution >= 0.6 is 0 Å². The summed E-state index contributed by atoms with van der Waals surface area (Å²) in [6.45, 7) is 0. The molecule has 8 N–H and O–H groups in total. The Labute approximate surface area is 176 Å². The molecule has 10 heteroatoms. The molecule has 0 heterocycles. The number of phenolic OH excluding ortho intramolecular Hbond substituents is 3. The molecule has 0 radical (unpaired) electrons. The van der Waals surface area contributed by atoms with E-state index in [0.29, 0.717) is 5.56 Å². The Kier molecular flexibility index (Phi) is 6.48. The lowest BCUT2D eigenvalue weighted by atomic mass is 9.85. The number of aromatic hydroxyl groups is 3. The van der Waals surface area contributed by atoms with Gasteiger partial charge in [0, 0.05) is 12.1 Å². The largest absolute Gasteiger partial charge is 0.508 e. The Morgan fingerprint density at radius 3 is 1.90 bits per heavy atom. The molecule has 0 spiro atoms. The Morgan fingerprint density at radius 2 is 1.32 bits per heavy atom. The summed E-state index contributed by atoms with van der Waals surface area (Å²) < 4.78 is 5.41. The van der Waals surface area contributed by atoms with Crippen molar-refractivity contribution in [1.29, 1.82) is 0 Å². The van der Waals surface area contributed by atoms with Gasteiger partial charge in [-0.2, -0.15) is 0 Å². The predicted molar refractivity (Wildman–Crippen MR) is 106 cm³/mol. The molecule has 3 rings (SSSR count). The molecule has 0 bridgehead atoms. The first-order valence-electron chi connectivity index (χ1n) is 9.24. The summed E-state index contributed by atoms with van der Waals surface area (Å²) in [5.41, 5.74) is 0.146. The molecule has 10 nitrogen and oxygen atoms in total. The third-order valence-electron chi connectivity index (χ3n) is 4.97. The van der Waals surface area contributed by atoms with E-state index in [1.807, 2.05) is 0 Å². The van der Waals surface area contributed by atoms with Crippen LogP contribution in [0.15, 0.2) is 42.5 Å². The fraction of sp³-hybridized carbons (Fsp3) is 0.286. The molecular weight excluding hydrogens is 412 g/mol. The Morgan fingerprint density at radius 1 is 0.774 bits per heavy atom. The first kappa shape index (κ1) is 22.5. The Balaban J connectivity index is 1.92. The van der Waals surface area contributed by atoms with Crippen LogP contribution in [0.1, 0.15) is 15.9 Å². The van der Waals surface area contributed by atoms with E-state index >= 15 is 0 Å². The summed E-state index contributed by atoms with van der Waals surface area (Å²) in [4.78, 5) is 12.7. The monoisotopic (exact) mass is 434 g/mol. The van der Waals surface area contributed by atoms with Crippen LogP contribution in [0, 0.1) is 0 Å². The standard InChI is InChI=1S/C21H22O10/c22-10-4-1-9(2-5-10)3-6-12(24)15-13(25)7-11(23)8-14(15)31-21-19(29)17(27)16(26)18(28)20(21)30/h1-8,16-23,25-30H/b6-3+. The van der Waals surface area contributed by atoms with E-state index < -0.39 is 65.2 Å². The van der Waals surface area contributed by atoms with Crippen LogP contribution in [0.25, 0.3) is 6.08 Å². The number of rotatable bonds is 5. The normalized spacial score (nSPS) is 28.5. The van der Waals surface area contributed by atoms with Gasteiger partial charge in [0.25, 0.3) is 0 Å². The van der Waals surface area contributed by atoms with Gasteiger partial charge < -0.3 is 45.6 Å². The van der Waals surface area contributed by atoms with Crippen molar-refractivity contribution in [3.63, 3.8) is 0 Å². The molecule has 4 unspecified atom stereocenters. The molecule has 4 atom stereocenters. The maximum atomic E-state index is 12.7. The van der Waals surface area contributed by atoms with Crippen LogP contribution in [0.5, 0.6) is 23.0 Å². The highest BCUT2D eigenvalue weighted by molar-refractivity contribution is 6.10. The van der Waals surface area contributed by atoms with E-state index in [4.69, 9.17) is 4.74 Å². The van der Waals surface area contributed by atoms with Gasteiger partial charge in [-0.05, 0) is 23.8 Å². The zero-order valence-electron chi connectivity index (χ0n) is 16.0. The maximum absolute atomic E-state index is 12.7. The van der Waals surface area contributed by atoms with Gasteiger partial charge in [0.1, 0.15) is 59.1 Å². The van der Waals surface area contributed by atoms with Crippen molar-refractivity contribution >= 4 is 11.9 Å². The number of carbonyl (C=O) groups is 1. The van der Waals surface area contributed by atoms with Crippen molar-refractivity contribution in [2.75, 3.05) is 0 Å². The summed E-state index contributed by atoms with van der Waals surface area (Å²) in [6.07, 6.45) is -8.47. The Bertz CT molecular complexity index is 955. The molecule has 0 amide bonds. The minimum Gasteiger partial charge on any atom is -0.508 e. The molecular formula is C21H22O10. The SMILES string of the molecule is O=C(/C=C/c1ccc(O)cc1)c1c(O)cc(O)cc1OC1C(O)C(O)C(O)C(O)C1O. The van der Waals surface area contributed by atoms with Crippen molar-refractivity contribution in [2.24, 2.45) is 0 Å². The van der Waals surface area contributed by atoms with Crippen molar-refractivity contribution < 1.29 is 50.4 Å². The molecule has 166 valence electrons. The Hall–Kier alpha value is -3.15. The van der Waals surface area contributed by atoms with E-state index in [1.54, 1.807) is 0 Å². The molecule has 0 aromatic heterocycles. The predicted octanol–water partition coefficient (Wildman–Crippen LogP) is -0.735. The molecule has 31 heavy (non-hydrogen) atoms. The van der Waals surface area contributed by atoms with E-state index in [0.717, 1.165) is 18.2 Å². The molecule has 0 saturated heterocycles. The minimum absolute atomic E-state index is 0.0365. The fourth-order valence-corrected chi connectivity index (χ4v) is 3.25. The van der Waals surface area contributed by atoms with Gasteiger partial charge in [-0.1, -0.05) is 18.2 Å². The van der Waals surface area contributed by atoms with Crippen molar-refractivity contribution in [3.8, 4) is 23.0 Å². The number of hydrogen-bond acceptors (Lipinski definition) is 10. The van der Waals surface area contributed by atoms with Gasteiger partial charge in [0.15, 0.2) is 11.9 Å². The summed E-state index contributed by atoms with van der Waals surface area (Å²) in [5, 5.41) is 79.0. The van der Waals surface area contributed by atoms with Gasteiger partial charge in [-0.15, -0.1) is 0 Å². The van der Waals surface area contributed by atoms with Gasteiger partial charge in [0.05, 0.1) is 0 Å². The number of carbonyl (C=O) groups excluding carboxylic acids is 1. The van der Waals surface area contributed by atoms with E-state index in [9.17, 15) is 45.6 Å². The topological polar surface area (TPSA) is 188 Å². The lowest BCUT2D eigenvalue weighted by Gasteiger charge is -2.41. The summed E-state index contributed by atoms with van der Waals surface area (Å²) in [7, 11) is 0. The van der Waals surface area contributed by atoms with Crippen LogP contribution in [0.4, 0.5) is 0 Å². The van der Waals surface area contributed by atoms with Crippen molar-refractivity contribution in [1.82, 2.24) is 0 Å². The van der Waals surface area contributed by atoms with Crippen LogP contribution in [-0.4, -0.2) is 83.3 Å². The van der Waals surface area contributed by atoms with Crippen LogP contribution in [0.2, 0.25) is 0 Å². The molecule has 2 aromatic carbocycles. The average molecular weight is 434 g/mol. The smallest absolute Gasteiger partial charge is 0.193 e. The minimum atomic E-state index is -1.86. The molecule has 1 aliphatic carbocycles. The molecule has 1 saturated carbocycles. The van der Waals surface area contributed by atoms with Crippen molar-refractivity contribution in [2.45, 2.75) is 36.6 Å². The summed E-state index contributed by atoms with van der Waals surface area (Å²) >= 11 is 0. The number of ketones is 1.